The molecule has 2 aromatic carbocycles. The molecule has 0 atom stereocenters. The summed E-state index contributed by atoms with van der Waals surface area (Å²) in [5.41, 5.74) is 2.07. The summed E-state index contributed by atoms with van der Waals surface area (Å²) in [7, 11) is 0. The maximum absolute atomic E-state index is 12.2. The third-order valence-corrected chi connectivity index (χ3v) is 4.10. The second kappa shape index (κ2) is 8.94. The molecular weight excluding hydrogens is 360 g/mol. The number of ether oxygens (including phenoxy) is 1. The van der Waals surface area contributed by atoms with E-state index in [4.69, 9.17) is 9.26 Å². The zero-order valence-corrected chi connectivity index (χ0v) is 15.4. The van der Waals surface area contributed by atoms with Crippen molar-refractivity contribution in [1.29, 1.82) is 0 Å². The number of aromatic nitrogens is 1. The number of nitrogens with zero attached hydrogens (tertiary/aromatic N) is 1. The highest BCUT2D eigenvalue weighted by Gasteiger charge is 2.15. The van der Waals surface area contributed by atoms with Gasteiger partial charge in [0.15, 0.2) is 18.0 Å². The maximum Gasteiger partial charge on any atom is 0.312 e. The van der Waals surface area contributed by atoms with Gasteiger partial charge < -0.3 is 14.6 Å². The van der Waals surface area contributed by atoms with Crippen molar-refractivity contribution in [3.8, 4) is 0 Å². The Morgan fingerprint density at radius 2 is 1.82 bits per heavy atom. The van der Waals surface area contributed by atoms with Crippen LogP contribution in [-0.2, 0) is 20.7 Å². The van der Waals surface area contributed by atoms with E-state index in [1.807, 2.05) is 19.1 Å². The highest BCUT2D eigenvalue weighted by Crippen LogP contribution is 2.18. The van der Waals surface area contributed by atoms with Crippen LogP contribution in [-0.4, -0.2) is 29.4 Å². The number of fused-ring (bicyclic) bond motifs is 1. The van der Waals surface area contributed by atoms with E-state index >= 15 is 0 Å². The van der Waals surface area contributed by atoms with E-state index in [0.717, 1.165) is 11.8 Å². The van der Waals surface area contributed by atoms with E-state index in [9.17, 15) is 14.4 Å². The van der Waals surface area contributed by atoms with E-state index in [1.165, 1.54) is 0 Å². The molecule has 3 rings (SSSR count). The van der Waals surface area contributed by atoms with Crippen LogP contribution < -0.4 is 5.32 Å². The van der Waals surface area contributed by atoms with Crippen LogP contribution in [0.2, 0.25) is 0 Å². The predicted octanol–water partition coefficient (Wildman–Crippen LogP) is 3.54. The van der Waals surface area contributed by atoms with E-state index in [-0.39, 0.29) is 24.7 Å². The molecule has 0 aliphatic carbocycles. The quantitative estimate of drug-likeness (QED) is 0.474. The first-order valence-corrected chi connectivity index (χ1v) is 8.99. The minimum absolute atomic E-state index is 0.0733. The Labute approximate surface area is 161 Å². The van der Waals surface area contributed by atoms with Gasteiger partial charge in [-0.1, -0.05) is 24.2 Å². The van der Waals surface area contributed by atoms with E-state index in [0.29, 0.717) is 28.9 Å². The Morgan fingerprint density at radius 1 is 1.07 bits per heavy atom. The third kappa shape index (κ3) is 4.82. The lowest BCUT2D eigenvalue weighted by atomic mass is 10.1. The topological polar surface area (TPSA) is 98.5 Å². The van der Waals surface area contributed by atoms with Crippen molar-refractivity contribution in [1.82, 2.24) is 5.16 Å². The van der Waals surface area contributed by atoms with Gasteiger partial charge in [0.25, 0.3) is 0 Å². The average Bonchev–Trinajstić information content (AvgIpc) is 3.10. The van der Waals surface area contributed by atoms with Crippen molar-refractivity contribution in [3.63, 3.8) is 0 Å². The molecular formula is C21H20N2O5. The van der Waals surface area contributed by atoms with E-state index < -0.39 is 5.97 Å². The molecule has 1 heterocycles. The number of carbonyl (C=O) groups excluding carboxylic acids is 3. The predicted molar refractivity (Wildman–Crippen MR) is 103 cm³/mol. The van der Waals surface area contributed by atoms with Crippen molar-refractivity contribution in [2.75, 3.05) is 11.9 Å². The Hall–Kier alpha value is -3.48. The van der Waals surface area contributed by atoms with Gasteiger partial charge in [-0.25, -0.2) is 0 Å². The summed E-state index contributed by atoms with van der Waals surface area (Å²) >= 11 is 0. The van der Waals surface area contributed by atoms with Gasteiger partial charge in [-0.05, 0) is 42.8 Å². The van der Waals surface area contributed by atoms with Crippen LogP contribution in [0.25, 0.3) is 11.0 Å². The fourth-order valence-corrected chi connectivity index (χ4v) is 2.67. The van der Waals surface area contributed by atoms with Crippen molar-refractivity contribution in [2.24, 2.45) is 0 Å². The van der Waals surface area contributed by atoms with Crippen molar-refractivity contribution in [3.05, 3.63) is 59.8 Å². The summed E-state index contributed by atoms with van der Waals surface area (Å²) in [6.07, 6.45) is 1.13. The van der Waals surface area contributed by atoms with Gasteiger partial charge in [-0.15, -0.1) is 0 Å². The number of anilines is 1. The number of carbonyl (C=O) groups is 3. The van der Waals surface area contributed by atoms with Gasteiger partial charge in [0, 0.05) is 23.1 Å². The summed E-state index contributed by atoms with van der Waals surface area (Å²) in [5, 5.41) is 7.36. The second-order valence-electron chi connectivity index (χ2n) is 6.26. The molecule has 0 bridgehead atoms. The number of para-hydroxylation sites is 1. The lowest BCUT2D eigenvalue weighted by molar-refractivity contribution is -0.141. The number of ketones is 1. The van der Waals surface area contributed by atoms with E-state index in [1.54, 1.807) is 36.4 Å². The Morgan fingerprint density at radius 3 is 2.57 bits per heavy atom. The number of benzene rings is 2. The maximum atomic E-state index is 12.2. The zero-order valence-electron chi connectivity index (χ0n) is 15.4. The minimum Gasteiger partial charge on any atom is -0.457 e. The molecule has 0 aliphatic heterocycles. The fraction of sp³-hybridized carbons (Fsp3) is 0.238. The van der Waals surface area contributed by atoms with Gasteiger partial charge in [0.2, 0.25) is 5.91 Å². The van der Waals surface area contributed by atoms with Gasteiger partial charge in [0.1, 0.15) is 5.69 Å². The largest absolute Gasteiger partial charge is 0.457 e. The van der Waals surface area contributed by atoms with Crippen LogP contribution in [0.1, 0.15) is 35.8 Å². The molecule has 0 aliphatic rings. The van der Waals surface area contributed by atoms with Gasteiger partial charge >= 0.3 is 5.97 Å². The molecule has 0 radical (unpaired) electrons. The molecule has 1 amide bonds. The Kier molecular flexibility index (Phi) is 6.16. The van der Waals surface area contributed by atoms with Crippen LogP contribution in [0.5, 0.6) is 0 Å². The van der Waals surface area contributed by atoms with Crippen LogP contribution in [0.15, 0.2) is 53.1 Å². The first-order chi connectivity index (χ1) is 13.6. The number of rotatable bonds is 8. The number of esters is 1. The molecule has 1 N–H and O–H groups in total. The number of nitrogens with one attached hydrogen (secondary N) is 1. The van der Waals surface area contributed by atoms with Crippen LogP contribution in [0.4, 0.5) is 5.69 Å². The summed E-state index contributed by atoms with van der Waals surface area (Å²) < 4.78 is 10.2. The number of hydrogen-bond donors (Lipinski definition) is 1. The second-order valence-corrected chi connectivity index (χ2v) is 6.26. The highest BCUT2D eigenvalue weighted by molar-refractivity contribution is 5.99. The van der Waals surface area contributed by atoms with Crippen molar-refractivity contribution in [2.45, 2.75) is 26.2 Å². The highest BCUT2D eigenvalue weighted by atomic mass is 16.5. The lowest BCUT2D eigenvalue weighted by Crippen LogP contribution is -2.16. The molecule has 0 spiro atoms. The molecule has 0 saturated carbocycles. The summed E-state index contributed by atoms with van der Waals surface area (Å²) in [6, 6.07) is 13.7. The smallest absolute Gasteiger partial charge is 0.312 e. The molecule has 0 fully saturated rings. The lowest BCUT2D eigenvalue weighted by Gasteiger charge is -2.06. The molecule has 28 heavy (non-hydrogen) atoms. The van der Waals surface area contributed by atoms with Crippen LogP contribution in [0.3, 0.4) is 0 Å². The SMILES string of the molecule is CCCC(=O)Nc1ccc(C(=O)COC(=O)Cc2noc3ccccc23)cc1. The van der Waals surface area contributed by atoms with E-state index in [2.05, 4.69) is 10.5 Å². The molecule has 144 valence electrons. The number of Topliss-reactive ketones (excluding diaryl/α,β-unsaturated/α-hetero) is 1. The minimum atomic E-state index is -0.559. The summed E-state index contributed by atoms with van der Waals surface area (Å²) in [6.45, 7) is 1.56. The third-order valence-electron chi connectivity index (χ3n) is 4.10. The molecule has 7 heteroatoms. The van der Waals surface area contributed by atoms with Crippen LogP contribution >= 0.6 is 0 Å². The normalized spacial score (nSPS) is 10.6. The van der Waals surface area contributed by atoms with Gasteiger partial charge in [0.05, 0.1) is 6.42 Å². The zero-order chi connectivity index (χ0) is 19.9. The van der Waals surface area contributed by atoms with Crippen molar-refractivity contribution >= 4 is 34.3 Å². The Balaban J connectivity index is 1.52. The standard InChI is InChI=1S/C21H20N2O5/c1-2-5-20(25)22-15-10-8-14(9-11-15)18(24)13-27-21(26)12-17-16-6-3-4-7-19(16)28-23-17/h3-4,6-11H,2,5,12-13H2,1H3,(H,22,25). The fourth-order valence-electron chi connectivity index (χ4n) is 2.67. The molecule has 3 aromatic rings. The number of hydrogen-bond acceptors (Lipinski definition) is 6. The summed E-state index contributed by atoms with van der Waals surface area (Å²) in [4.78, 5) is 35.8. The van der Waals surface area contributed by atoms with Crippen LogP contribution in [0, 0.1) is 0 Å². The first-order valence-electron chi connectivity index (χ1n) is 8.99. The average molecular weight is 380 g/mol. The molecule has 0 unspecified atom stereocenters. The Bertz CT molecular complexity index is 991. The van der Waals surface area contributed by atoms with Crippen molar-refractivity contribution < 1.29 is 23.6 Å². The number of amides is 1. The molecule has 0 saturated heterocycles. The summed E-state index contributed by atoms with van der Waals surface area (Å²) in [5.74, 6) is -0.962. The molecule has 7 nitrogen and oxygen atoms in total. The van der Waals surface area contributed by atoms with Gasteiger partial charge in [-0.3, -0.25) is 14.4 Å². The monoisotopic (exact) mass is 380 g/mol. The van der Waals surface area contributed by atoms with Gasteiger partial charge in [-0.2, -0.15) is 0 Å². The molecule has 1 aromatic heterocycles. The first kappa shape index (κ1) is 19.3.